The van der Waals surface area contributed by atoms with E-state index in [1.54, 1.807) is 21.3 Å². The summed E-state index contributed by atoms with van der Waals surface area (Å²) in [5, 5.41) is 3.86. The molecule has 1 N–H and O–H groups in total. The second-order valence-corrected chi connectivity index (χ2v) is 4.52. The summed E-state index contributed by atoms with van der Waals surface area (Å²) >= 11 is 5.42. The minimum atomic E-state index is 0.619. The number of nitrogens with zero attached hydrogens (tertiary/aromatic N) is 1. The predicted molar refractivity (Wildman–Crippen MR) is 84.5 cm³/mol. The molecular formula is C14H22N2O3S. The van der Waals surface area contributed by atoms with Gasteiger partial charge in [0.25, 0.3) is 0 Å². The molecule has 112 valence electrons. The molecule has 0 aromatic heterocycles. The number of hydrogen-bond donors (Lipinski definition) is 1. The van der Waals surface area contributed by atoms with Crippen LogP contribution in [0.4, 0.5) is 5.69 Å². The summed E-state index contributed by atoms with van der Waals surface area (Å²) in [6, 6.07) is 7.63. The van der Waals surface area contributed by atoms with Crippen LogP contribution in [-0.4, -0.2) is 57.6 Å². The summed E-state index contributed by atoms with van der Waals surface area (Å²) in [5.74, 6) is 0.817. The van der Waals surface area contributed by atoms with E-state index in [9.17, 15) is 0 Å². The first-order chi connectivity index (χ1) is 9.71. The van der Waals surface area contributed by atoms with Gasteiger partial charge >= 0.3 is 0 Å². The highest BCUT2D eigenvalue weighted by Crippen LogP contribution is 2.15. The number of anilines is 1. The van der Waals surface area contributed by atoms with Crippen molar-refractivity contribution in [1.29, 1.82) is 0 Å². The number of nitrogens with one attached hydrogen (secondary N) is 1. The van der Waals surface area contributed by atoms with Gasteiger partial charge in [-0.25, -0.2) is 0 Å². The van der Waals surface area contributed by atoms with Crippen molar-refractivity contribution in [3.63, 3.8) is 0 Å². The second kappa shape index (κ2) is 9.52. The SMILES string of the molecule is COCCN(CCOC)C(=S)Nc1ccc(OC)cc1. The lowest BCUT2D eigenvalue weighted by atomic mass is 10.3. The Kier molecular flexibility index (Phi) is 7.94. The molecule has 0 aliphatic heterocycles. The van der Waals surface area contributed by atoms with Crippen LogP contribution in [0.1, 0.15) is 0 Å². The molecule has 1 aromatic carbocycles. The fraction of sp³-hybridized carbons (Fsp3) is 0.500. The summed E-state index contributed by atoms with van der Waals surface area (Å²) in [7, 11) is 4.99. The Morgan fingerprint density at radius 2 is 1.60 bits per heavy atom. The van der Waals surface area contributed by atoms with Gasteiger partial charge in [-0.3, -0.25) is 0 Å². The normalized spacial score (nSPS) is 10.2. The minimum absolute atomic E-state index is 0.619. The first-order valence-corrected chi connectivity index (χ1v) is 6.80. The monoisotopic (exact) mass is 298 g/mol. The quantitative estimate of drug-likeness (QED) is 0.740. The average Bonchev–Trinajstić information content (AvgIpc) is 2.48. The molecule has 0 fully saturated rings. The number of thiocarbonyl (C=S) groups is 1. The molecule has 5 nitrogen and oxygen atoms in total. The van der Waals surface area contributed by atoms with Crippen molar-refractivity contribution in [1.82, 2.24) is 4.90 Å². The maximum absolute atomic E-state index is 5.42. The Morgan fingerprint density at radius 1 is 1.05 bits per heavy atom. The van der Waals surface area contributed by atoms with E-state index in [1.165, 1.54) is 0 Å². The molecule has 0 unspecified atom stereocenters. The highest BCUT2D eigenvalue weighted by atomic mass is 32.1. The lowest BCUT2D eigenvalue weighted by molar-refractivity contribution is 0.147. The lowest BCUT2D eigenvalue weighted by Crippen LogP contribution is -2.39. The molecule has 1 aromatic rings. The predicted octanol–water partition coefficient (Wildman–Crippen LogP) is 1.99. The Hall–Kier alpha value is -1.37. The summed E-state index contributed by atoms with van der Waals surface area (Å²) in [6.07, 6.45) is 0. The average molecular weight is 298 g/mol. The molecule has 0 atom stereocenters. The molecule has 0 heterocycles. The number of rotatable bonds is 8. The van der Waals surface area contributed by atoms with Gasteiger partial charge in [-0.2, -0.15) is 0 Å². The molecule has 0 saturated carbocycles. The van der Waals surface area contributed by atoms with Gasteiger partial charge in [0, 0.05) is 33.0 Å². The molecule has 0 spiro atoms. The van der Waals surface area contributed by atoms with Crippen molar-refractivity contribution in [2.45, 2.75) is 0 Å². The van der Waals surface area contributed by atoms with E-state index >= 15 is 0 Å². The highest BCUT2D eigenvalue weighted by molar-refractivity contribution is 7.80. The molecule has 0 aliphatic rings. The van der Waals surface area contributed by atoms with Crippen LogP contribution < -0.4 is 10.1 Å². The van der Waals surface area contributed by atoms with Gasteiger partial charge < -0.3 is 24.4 Å². The summed E-state index contributed by atoms with van der Waals surface area (Å²) < 4.78 is 15.3. The molecule has 6 heteroatoms. The topological polar surface area (TPSA) is 43.0 Å². The minimum Gasteiger partial charge on any atom is -0.497 e. The van der Waals surface area contributed by atoms with Crippen molar-refractivity contribution in [3.05, 3.63) is 24.3 Å². The number of methoxy groups -OCH3 is 3. The lowest BCUT2D eigenvalue weighted by Gasteiger charge is -2.25. The van der Waals surface area contributed by atoms with Crippen molar-refractivity contribution >= 4 is 23.0 Å². The molecule has 20 heavy (non-hydrogen) atoms. The van der Waals surface area contributed by atoms with Crippen LogP contribution in [0, 0.1) is 0 Å². The molecule has 0 amide bonds. The molecule has 0 aliphatic carbocycles. The van der Waals surface area contributed by atoms with Crippen LogP contribution in [0.5, 0.6) is 5.75 Å². The molecule has 0 bridgehead atoms. The van der Waals surface area contributed by atoms with E-state index in [0.29, 0.717) is 18.3 Å². The standard InChI is InChI=1S/C14H22N2O3S/c1-17-10-8-16(9-11-18-2)14(20)15-12-4-6-13(19-3)7-5-12/h4-7H,8-11H2,1-3H3,(H,15,20). The van der Waals surface area contributed by atoms with E-state index in [-0.39, 0.29) is 0 Å². The third-order valence-corrected chi connectivity index (χ3v) is 3.12. The Labute approximate surface area is 125 Å². The van der Waals surface area contributed by atoms with Gasteiger partial charge in [0.05, 0.1) is 20.3 Å². The van der Waals surface area contributed by atoms with Crippen LogP contribution in [0.15, 0.2) is 24.3 Å². The third kappa shape index (κ3) is 5.73. The Bertz CT molecular complexity index is 390. The van der Waals surface area contributed by atoms with Gasteiger partial charge in [-0.1, -0.05) is 0 Å². The Morgan fingerprint density at radius 3 is 2.05 bits per heavy atom. The van der Waals surface area contributed by atoms with Crippen LogP contribution >= 0.6 is 12.2 Å². The number of benzene rings is 1. The zero-order chi connectivity index (χ0) is 14.8. The third-order valence-electron chi connectivity index (χ3n) is 2.76. The molecule has 1 rings (SSSR count). The van der Waals surface area contributed by atoms with Crippen molar-refractivity contribution in [3.8, 4) is 5.75 Å². The fourth-order valence-electron chi connectivity index (χ4n) is 1.59. The van der Waals surface area contributed by atoms with Gasteiger partial charge in [0.1, 0.15) is 5.75 Å². The summed E-state index contributed by atoms with van der Waals surface area (Å²) in [6.45, 7) is 2.69. The van der Waals surface area contributed by atoms with Crippen molar-refractivity contribution < 1.29 is 14.2 Å². The van der Waals surface area contributed by atoms with Gasteiger partial charge in [0.15, 0.2) is 5.11 Å². The first kappa shape index (κ1) is 16.7. The van der Waals surface area contributed by atoms with Crippen LogP contribution in [-0.2, 0) is 9.47 Å². The molecule has 0 radical (unpaired) electrons. The van der Waals surface area contributed by atoms with Crippen LogP contribution in [0.3, 0.4) is 0 Å². The smallest absolute Gasteiger partial charge is 0.173 e. The van der Waals surface area contributed by atoms with Gasteiger partial charge in [0.2, 0.25) is 0 Å². The van der Waals surface area contributed by atoms with E-state index in [0.717, 1.165) is 24.5 Å². The molecular weight excluding hydrogens is 276 g/mol. The first-order valence-electron chi connectivity index (χ1n) is 6.39. The van der Waals surface area contributed by atoms with E-state index in [4.69, 9.17) is 26.4 Å². The van der Waals surface area contributed by atoms with Crippen molar-refractivity contribution in [2.75, 3.05) is 52.9 Å². The Balaban J connectivity index is 2.58. The van der Waals surface area contributed by atoms with Gasteiger partial charge in [-0.15, -0.1) is 0 Å². The summed E-state index contributed by atoms with van der Waals surface area (Å²) in [5.41, 5.74) is 0.927. The summed E-state index contributed by atoms with van der Waals surface area (Å²) in [4.78, 5) is 2.02. The highest BCUT2D eigenvalue weighted by Gasteiger charge is 2.09. The van der Waals surface area contributed by atoms with Crippen LogP contribution in [0.2, 0.25) is 0 Å². The number of ether oxygens (including phenoxy) is 3. The van der Waals surface area contributed by atoms with E-state index < -0.39 is 0 Å². The number of hydrogen-bond acceptors (Lipinski definition) is 4. The zero-order valence-electron chi connectivity index (χ0n) is 12.2. The fourth-order valence-corrected chi connectivity index (χ4v) is 1.90. The zero-order valence-corrected chi connectivity index (χ0v) is 13.0. The van der Waals surface area contributed by atoms with Crippen LogP contribution in [0.25, 0.3) is 0 Å². The molecule has 0 saturated heterocycles. The second-order valence-electron chi connectivity index (χ2n) is 4.13. The van der Waals surface area contributed by atoms with E-state index in [2.05, 4.69) is 5.32 Å². The maximum Gasteiger partial charge on any atom is 0.173 e. The largest absolute Gasteiger partial charge is 0.497 e. The van der Waals surface area contributed by atoms with Crippen molar-refractivity contribution in [2.24, 2.45) is 0 Å². The van der Waals surface area contributed by atoms with E-state index in [1.807, 2.05) is 29.2 Å². The van der Waals surface area contributed by atoms with Gasteiger partial charge in [-0.05, 0) is 36.5 Å². The maximum atomic E-state index is 5.42.